The molecular weight excluding hydrogens is 438 g/mol. The molecule has 2 aliphatic rings. The molecule has 2 heterocycles. The lowest BCUT2D eigenvalue weighted by Gasteiger charge is -2.20. The molecular formula is C22H26ClN3O4S. The minimum absolute atomic E-state index is 0.357. The van der Waals surface area contributed by atoms with Crippen LogP contribution in [-0.4, -0.2) is 30.4 Å². The maximum absolute atomic E-state index is 10.8. The first-order valence-corrected chi connectivity index (χ1v) is 11.8. The number of nitrogens with one attached hydrogen (secondary N) is 1. The van der Waals surface area contributed by atoms with Crippen molar-refractivity contribution in [2.75, 3.05) is 7.11 Å². The van der Waals surface area contributed by atoms with Crippen molar-refractivity contribution < 1.29 is 19.1 Å². The smallest absolute Gasteiger partial charge is 0.232 e. The largest absolute Gasteiger partial charge is 0.488 e. The highest BCUT2D eigenvalue weighted by Crippen LogP contribution is 2.32. The Balaban J connectivity index is 1.36. The number of carbonyl (C=O) groups excluding carboxylic acids is 1. The number of ether oxygens (including phenoxy) is 2. The van der Waals surface area contributed by atoms with Crippen LogP contribution in [0.3, 0.4) is 0 Å². The van der Waals surface area contributed by atoms with Gasteiger partial charge in [0.25, 0.3) is 0 Å². The van der Waals surface area contributed by atoms with Gasteiger partial charge in [0.05, 0.1) is 17.1 Å². The summed E-state index contributed by atoms with van der Waals surface area (Å²) in [5, 5.41) is 1.55. The second-order valence-electron chi connectivity index (χ2n) is 7.74. The predicted molar refractivity (Wildman–Crippen MR) is 120 cm³/mol. The molecule has 1 aliphatic heterocycles. The second-order valence-corrected chi connectivity index (χ2v) is 9.31. The number of hydroxylamine groups is 1. The number of halogens is 1. The molecule has 1 atom stereocenters. The van der Waals surface area contributed by atoms with Gasteiger partial charge in [-0.2, -0.15) is 0 Å². The number of aldehydes is 1. The van der Waals surface area contributed by atoms with Crippen molar-refractivity contribution in [3.05, 3.63) is 38.7 Å². The van der Waals surface area contributed by atoms with E-state index in [4.69, 9.17) is 25.9 Å². The topological polar surface area (TPSA) is 82.0 Å². The number of nitrogens with zero attached hydrogens (tertiary/aromatic N) is 2. The van der Waals surface area contributed by atoms with Crippen LogP contribution in [0.5, 0.6) is 11.6 Å². The van der Waals surface area contributed by atoms with Crippen LogP contribution in [0.2, 0.25) is 5.02 Å². The zero-order chi connectivity index (χ0) is 21.6. The quantitative estimate of drug-likeness (QED) is 0.542. The van der Waals surface area contributed by atoms with E-state index in [0.717, 1.165) is 22.2 Å². The number of hydrogen-bond acceptors (Lipinski definition) is 8. The molecule has 1 unspecified atom stereocenters. The molecule has 4 rings (SSSR count). The molecule has 0 saturated heterocycles. The van der Waals surface area contributed by atoms with Gasteiger partial charge in [-0.25, -0.2) is 20.3 Å². The van der Waals surface area contributed by atoms with Gasteiger partial charge >= 0.3 is 0 Å². The number of carbonyl (C=O) groups is 1. The first-order chi connectivity index (χ1) is 15.2. The van der Waals surface area contributed by atoms with Gasteiger partial charge in [-0.05, 0) is 37.0 Å². The first-order valence-electron chi connectivity index (χ1n) is 10.6. The molecule has 7 nitrogen and oxygen atoms in total. The zero-order valence-electron chi connectivity index (χ0n) is 17.4. The molecule has 1 N–H and O–H groups in total. The fraction of sp³-hybridized carbons (Fsp3) is 0.500. The molecule has 1 fully saturated rings. The van der Waals surface area contributed by atoms with Gasteiger partial charge in [-0.15, -0.1) is 11.3 Å². The summed E-state index contributed by atoms with van der Waals surface area (Å²) in [6.45, 7) is 0.357. The molecule has 9 heteroatoms. The minimum Gasteiger partial charge on any atom is -0.488 e. The second kappa shape index (κ2) is 10.4. The lowest BCUT2D eigenvalue weighted by Crippen LogP contribution is -2.19. The van der Waals surface area contributed by atoms with Crippen LogP contribution in [0.15, 0.2) is 23.2 Å². The highest BCUT2D eigenvalue weighted by Gasteiger charge is 2.21. The minimum atomic E-state index is -0.854. The van der Waals surface area contributed by atoms with Gasteiger partial charge in [-0.1, -0.05) is 43.7 Å². The molecule has 0 bridgehead atoms. The van der Waals surface area contributed by atoms with Crippen LogP contribution in [0, 0.1) is 5.92 Å². The number of benzene rings is 1. The standard InChI is InChI=1S/C22H26ClN3O4S/c1-28-22-18(31-20(25-22)10-7-14-5-3-2-4-6-14)13-29-15-8-9-16(17(23)11-15)21-24-19(12-27)30-26-21/h8-9,11-12,14,19H,2-7,10,13H2,1H3,(H,24,26). The van der Waals surface area contributed by atoms with E-state index in [1.165, 1.54) is 38.5 Å². The van der Waals surface area contributed by atoms with Gasteiger partial charge in [0.15, 0.2) is 12.1 Å². The van der Waals surface area contributed by atoms with Crippen LogP contribution in [0.1, 0.15) is 54.0 Å². The highest BCUT2D eigenvalue weighted by molar-refractivity contribution is 7.11. The molecule has 1 saturated carbocycles. The van der Waals surface area contributed by atoms with Crippen molar-refractivity contribution in [3.63, 3.8) is 0 Å². The number of aromatic nitrogens is 1. The third kappa shape index (κ3) is 5.56. The fourth-order valence-corrected chi connectivity index (χ4v) is 5.18. The Morgan fingerprint density at radius 1 is 1.32 bits per heavy atom. The number of hydrogen-bond donors (Lipinski definition) is 1. The van der Waals surface area contributed by atoms with E-state index in [1.54, 1.807) is 36.6 Å². The van der Waals surface area contributed by atoms with E-state index in [9.17, 15) is 4.79 Å². The Hall–Kier alpha value is -2.16. The lowest BCUT2D eigenvalue weighted by atomic mass is 9.86. The molecule has 2 aromatic rings. The Bertz CT molecular complexity index is 943. The molecule has 1 aromatic heterocycles. The summed E-state index contributed by atoms with van der Waals surface area (Å²) in [7, 11) is 1.64. The predicted octanol–water partition coefficient (Wildman–Crippen LogP) is 4.70. The summed E-state index contributed by atoms with van der Waals surface area (Å²) < 4.78 is 11.4. The van der Waals surface area contributed by atoms with Gasteiger partial charge in [0, 0.05) is 5.56 Å². The average Bonchev–Trinajstić information content (AvgIpc) is 3.44. The molecule has 0 spiro atoms. The summed E-state index contributed by atoms with van der Waals surface area (Å²) in [5.74, 6) is 2.50. The van der Waals surface area contributed by atoms with Crippen molar-refractivity contribution >= 4 is 35.1 Å². The third-order valence-electron chi connectivity index (χ3n) is 5.61. The van der Waals surface area contributed by atoms with E-state index in [1.807, 2.05) is 0 Å². The van der Waals surface area contributed by atoms with E-state index in [2.05, 4.69) is 15.5 Å². The van der Waals surface area contributed by atoms with Crippen molar-refractivity contribution in [2.45, 2.75) is 57.8 Å². The number of aliphatic imine (C=N–C) groups is 1. The maximum atomic E-state index is 10.8. The molecule has 166 valence electrons. The first kappa shape index (κ1) is 22.0. The summed E-state index contributed by atoms with van der Waals surface area (Å²) in [4.78, 5) is 25.5. The Morgan fingerprint density at radius 3 is 2.87 bits per heavy atom. The van der Waals surface area contributed by atoms with Crippen molar-refractivity contribution in [1.82, 2.24) is 10.5 Å². The van der Waals surface area contributed by atoms with Crippen molar-refractivity contribution in [1.29, 1.82) is 0 Å². The van der Waals surface area contributed by atoms with E-state index < -0.39 is 6.23 Å². The molecule has 0 amide bonds. The average molecular weight is 464 g/mol. The fourth-order valence-electron chi connectivity index (χ4n) is 3.95. The monoisotopic (exact) mass is 463 g/mol. The molecule has 31 heavy (non-hydrogen) atoms. The van der Waals surface area contributed by atoms with Gasteiger partial charge < -0.3 is 9.47 Å². The van der Waals surface area contributed by atoms with Gasteiger partial charge in [0.1, 0.15) is 17.2 Å². The summed E-state index contributed by atoms with van der Waals surface area (Å²) in [6, 6.07) is 5.30. The van der Waals surface area contributed by atoms with Gasteiger partial charge in [0.2, 0.25) is 12.1 Å². The maximum Gasteiger partial charge on any atom is 0.232 e. The number of methoxy groups -OCH3 is 1. The number of amidine groups is 1. The summed E-state index contributed by atoms with van der Waals surface area (Å²) in [6.07, 6.45) is 8.74. The highest BCUT2D eigenvalue weighted by atomic mass is 35.5. The van der Waals surface area contributed by atoms with Crippen LogP contribution in [0.4, 0.5) is 0 Å². The molecule has 1 aromatic carbocycles. The zero-order valence-corrected chi connectivity index (χ0v) is 19.0. The Morgan fingerprint density at radius 2 is 2.16 bits per heavy atom. The molecule has 1 aliphatic carbocycles. The molecule has 0 radical (unpaired) electrons. The van der Waals surface area contributed by atoms with Crippen LogP contribution >= 0.6 is 22.9 Å². The van der Waals surface area contributed by atoms with Crippen molar-refractivity contribution in [3.8, 4) is 11.6 Å². The van der Waals surface area contributed by atoms with E-state index >= 15 is 0 Å². The number of aryl methyl sites for hydroxylation is 1. The summed E-state index contributed by atoms with van der Waals surface area (Å²) >= 11 is 8.03. The lowest BCUT2D eigenvalue weighted by molar-refractivity contribution is -0.118. The normalized spacial score (nSPS) is 19.0. The number of rotatable bonds is 9. The van der Waals surface area contributed by atoms with Crippen LogP contribution < -0.4 is 15.0 Å². The van der Waals surface area contributed by atoms with E-state index in [-0.39, 0.29) is 0 Å². The Labute approximate surface area is 190 Å². The SMILES string of the molecule is COc1nc(CCC2CCCCC2)sc1COc1ccc(C2=NC(C=O)ON2)c(Cl)c1. The number of thiazole rings is 1. The third-order valence-corrected chi connectivity index (χ3v) is 6.99. The summed E-state index contributed by atoms with van der Waals surface area (Å²) in [5.41, 5.74) is 3.25. The van der Waals surface area contributed by atoms with Gasteiger partial charge in [-0.3, -0.25) is 4.79 Å². The van der Waals surface area contributed by atoms with Crippen molar-refractivity contribution in [2.24, 2.45) is 10.9 Å². The van der Waals surface area contributed by atoms with Crippen LogP contribution in [-0.2, 0) is 22.7 Å². The van der Waals surface area contributed by atoms with Crippen LogP contribution in [0.25, 0.3) is 0 Å². The Kier molecular flexibility index (Phi) is 7.42. The van der Waals surface area contributed by atoms with E-state index in [0.29, 0.717) is 40.9 Å².